The maximum atomic E-state index is 12.9. The van der Waals surface area contributed by atoms with E-state index in [4.69, 9.17) is 5.73 Å². The van der Waals surface area contributed by atoms with Gasteiger partial charge in [0.05, 0.1) is 11.1 Å². The third kappa shape index (κ3) is 4.78. The first-order chi connectivity index (χ1) is 13.5. The van der Waals surface area contributed by atoms with Crippen LogP contribution >= 0.6 is 0 Å². The molecule has 148 valence electrons. The van der Waals surface area contributed by atoms with Gasteiger partial charge in [-0.15, -0.1) is 0 Å². The SMILES string of the molecule is Cc1ccc(C(=O)N2CCC(N(C)CCc3ccccc3)CC2)c(C(N)=O)c1. The van der Waals surface area contributed by atoms with Gasteiger partial charge in [0.2, 0.25) is 5.91 Å². The molecular formula is C23H29N3O2. The van der Waals surface area contributed by atoms with Crippen LogP contribution in [0.2, 0.25) is 0 Å². The van der Waals surface area contributed by atoms with Crippen LogP contribution in [0.4, 0.5) is 0 Å². The number of hydrogen-bond donors (Lipinski definition) is 1. The number of benzene rings is 2. The van der Waals surface area contributed by atoms with Gasteiger partial charge in [0.15, 0.2) is 0 Å². The van der Waals surface area contributed by atoms with Gasteiger partial charge in [0.1, 0.15) is 0 Å². The minimum absolute atomic E-state index is 0.0980. The van der Waals surface area contributed by atoms with Crippen LogP contribution in [-0.2, 0) is 6.42 Å². The van der Waals surface area contributed by atoms with Crippen molar-refractivity contribution in [2.24, 2.45) is 5.73 Å². The van der Waals surface area contributed by atoms with Gasteiger partial charge < -0.3 is 15.5 Å². The third-order valence-corrected chi connectivity index (χ3v) is 5.64. The van der Waals surface area contributed by atoms with Gasteiger partial charge in [-0.1, -0.05) is 42.0 Å². The molecule has 0 radical (unpaired) electrons. The molecule has 0 atom stereocenters. The fourth-order valence-corrected chi connectivity index (χ4v) is 3.86. The van der Waals surface area contributed by atoms with Crippen LogP contribution in [0.15, 0.2) is 48.5 Å². The highest BCUT2D eigenvalue weighted by Gasteiger charge is 2.27. The Morgan fingerprint density at radius 3 is 2.39 bits per heavy atom. The van der Waals surface area contributed by atoms with Crippen LogP contribution in [0.1, 0.15) is 44.7 Å². The maximum absolute atomic E-state index is 12.9. The Labute approximate surface area is 167 Å². The fourth-order valence-electron chi connectivity index (χ4n) is 3.86. The quantitative estimate of drug-likeness (QED) is 0.839. The number of likely N-dealkylation sites (tertiary alicyclic amines) is 1. The summed E-state index contributed by atoms with van der Waals surface area (Å²) in [5.74, 6) is -0.651. The van der Waals surface area contributed by atoms with Crippen molar-refractivity contribution in [2.45, 2.75) is 32.2 Å². The zero-order chi connectivity index (χ0) is 20.1. The van der Waals surface area contributed by atoms with Crippen LogP contribution in [0, 0.1) is 6.92 Å². The lowest BCUT2D eigenvalue weighted by Crippen LogP contribution is -2.46. The zero-order valence-corrected chi connectivity index (χ0v) is 16.7. The molecule has 5 heteroatoms. The van der Waals surface area contributed by atoms with Gasteiger partial charge in [0, 0.05) is 25.7 Å². The standard InChI is InChI=1S/C23H29N3O2/c1-17-8-9-20(21(16-17)22(24)27)23(28)26-14-11-19(12-15-26)25(2)13-10-18-6-4-3-5-7-18/h3-9,16,19H,10-15H2,1-2H3,(H2,24,27). The van der Waals surface area contributed by atoms with Crippen LogP contribution < -0.4 is 5.73 Å². The number of aryl methyl sites for hydroxylation is 1. The Balaban J connectivity index is 1.56. The Morgan fingerprint density at radius 1 is 1.07 bits per heavy atom. The molecule has 1 fully saturated rings. The predicted octanol–water partition coefficient (Wildman–Crippen LogP) is 2.87. The molecule has 2 amide bonds. The molecule has 1 aliphatic rings. The van der Waals surface area contributed by atoms with Gasteiger partial charge in [-0.2, -0.15) is 0 Å². The fraction of sp³-hybridized carbons (Fsp3) is 0.391. The molecule has 0 saturated carbocycles. The summed E-state index contributed by atoms with van der Waals surface area (Å²) in [6, 6.07) is 16.2. The van der Waals surface area contributed by atoms with E-state index in [1.54, 1.807) is 12.1 Å². The summed E-state index contributed by atoms with van der Waals surface area (Å²) < 4.78 is 0. The van der Waals surface area contributed by atoms with Crippen molar-refractivity contribution in [1.82, 2.24) is 9.80 Å². The summed E-state index contributed by atoms with van der Waals surface area (Å²) >= 11 is 0. The van der Waals surface area contributed by atoms with Crippen LogP contribution in [0.5, 0.6) is 0 Å². The summed E-state index contributed by atoms with van der Waals surface area (Å²) in [4.78, 5) is 28.9. The number of hydrogen-bond acceptors (Lipinski definition) is 3. The molecule has 0 spiro atoms. The second-order valence-electron chi connectivity index (χ2n) is 7.65. The number of rotatable bonds is 6. The van der Waals surface area contributed by atoms with Crippen molar-refractivity contribution < 1.29 is 9.59 Å². The second kappa shape index (κ2) is 9.02. The minimum Gasteiger partial charge on any atom is -0.366 e. The lowest BCUT2D eigenvalue weighted by molar-refractivity contribution is 0.0643. The van der Waals surface area contributed by atoms with E-state index in [2.05, 4.69) is 36.2 Å². The van der Waals surface area contributed by atoms with Crippen molar-refractivity contribution >= 4 is 11.8 Å². The normalized spacial score (nSPS) is 15.0. The number of nitrogens with two attached hydrogens (primary N) is 1. The molecular weight excluding hydrogens is 350 g/mol. The molecule has 1 aliphatic heterocycles. The first-order valence-electron chi connectivity index (χ1n) is 9.89. The van der Waals surface area contributed by atoms with Crippen molar-refractivity contribution in [3.8, 4) is 0 Å². The largest absolute Gasteiger partial charge is 0.366 e. The highest BCUT2D eigenvalue weighted by Crippen LogP contribution is 2.20. The topological polar surface area (TPSA) is 66.6 Å². The molecule has 0 aromatic heterocycles. The molecule has 0 bridgehead atoms. The van der Waals surface area contributed by atoms with Crippen molar-refractivity contribution in [3.63, 3.8) is 0 Å². The summed E-state index contributed by atoms with van der Waals surface area (Å²) in [7, 11) is 2.16. The van der Waals surface area contributed by atoms with Crippen LogP contribution in [0.3, 0.4) is 0 Å². The van der Waals surface area contributed by atoms with E-state index in [1.807, 2.05) is 24.0 Å². The van der Waals surface area contributed by atoms with E-state index >= 15 is 0 Å². The van der Waals surface area contributed by atoms with E-state index in [-0.39, 0.29) is 5.91 Å². The average molecular weight is 380 g/mol. The van der Waals surface area contributed by atoms with Crippen molar-refractivity contribution in [1.29, 1.82) is 0 Å². The number of primary amides is 1. The summed E-state index contributed by atoms with van der Waals surface area (Å²) in [5, 5.41) is 0. The Bertz CT molecular complexity index is 827. The maximum Gasteiger partial charge on any atom is 0.254 e. The van der Waals surface area contributed by atoms with Gasteiger partial charge >= 0.3 is 0 Å². The van der Waals surface area contributed by atoms with Gasteiger partial charge in [-0.3, -0.25) is 9.59 Å². The van der Waals surface area contributed by atoms with Crippen LogP contribution in [0.25, 0.3) is 0 Å². The number of likely N-dealkylation sites (N-methyl/N-ethyl adjacent to an activating group) is 1. The van der Waals surface area contributed by atoms with Crippen molar-refractivity contribution in [3.05, 3.63) is 70.8 Å². The lowest BCUT2D eigenvalue weighted by Gasteiger charge is -2.37. The van der Waals surface area contributed by atoms with E-state index in [9.17, 15) is 9.59 Å². The summed E-state index contributed by atoms with van der Waals surface area (Å²) in [5.41, 5.74) is 8.47. The Kier molecular flexibility index (Phi) is 6.47. The van der Waals surface area contributed by atoms with E-state index in [0.717, 1.165) is 31.4 Å². The molecule has 28 heavy (non-hydrogen) atoms. The zero-order valence-electron chi connectivity index (χ0n) is 16.7. The number of amides is 2. The van der Waals surface area contributed by atoms with Gasteiger partial charge in [-0.05, 0) is 50.9 Å². The van der Waals surface area contributed by atoms with E-state index < -0.39 is 5.91 Å². The molecule has 0 aliphatic carbocycles. The van der Waals surface area contributed by atoms with Crippen molar-refractivity contribution in [2.75, 3.05) is 26.7 Å². The molecule has 1 saturated heterocycles. The monoisotopic (exact) mass is 379 g/mol. The predicted molar refractivity (Wildman–Crippen MR) is 111 cm³/mol. The number of piperidine rings is 1. The summed E-state index contributed by atoms with van der Waals surface area (Å²) in [6.45, 7) is 4.29. The Morgan fingerprint density at radius 2 is 1.75 bits per heavy atom. The van der Waals surface area contributed by atoms with Gasteiger partial charge in [0.25, 0.3) is 5.91 Å². The first kappa shape index (κ1) is 20.1. The number of carbonyl (C=O) groups excluding carboxylic acids is 2. The molecule has 2 N–H and O–H groups in total. The molecule has 5 nitrogen and oxygen atoms in total. The average Bonchev–Trinajstić information content (AvgIpc) is 2.72. The molecule has 2 aromatic rings. The molecule has 2 aromatic carbocycles. The highest BCUT2D eigenvalue weighted by atomic mass is 16.2. The van der Waals surface area contributed by atoms with E-state index in [1.165, 1.54) is 5.56 Å². The molecule has 3 rings (SSSR count). The number of nitrogens with zero attached hydrogens (tertiary/aromatic N) is 2. The minimum atomic E-state index is -0.553. The third-order valence-electron chi connectivity index (χ3n) is 5.64. The summed E-state index contributed by atoms with van der Waals surface area (Å²) in [6.07, 6.45) is 2.91. The number of carbonyl (C=O) groups is 2. The highest BCUT2D eigenvalue weighted by molar-refractivity contribution is 6.06. The molecule has 0 unspecified atom stereocenters. The Hall–Kier alpha value is -2.66. The second-order valence-corrected chi connectivity index (χ2v) is 7.65. The van der Waals surface area contributed by atoms with E-state index in [0.29, 0.717) is 30.3 Å². The lowest BCUT2D eigenvalue weighted by atomic mass is 9.99. The van der Waals surface area contributed by atoms with Gasteiger partial charge in [-0.25, -0.2) is 0 Å². The molecule has 1 heterocycles. The van der Waals surface area contributed by atoms with Crippen LogP contribution in [-0.4, -0.2) is 54.3 Å². The first-order valence-corrected chi connectivity index (χ1v) is 9.89. The smallest absolute Gasteiger partial charge is 0.254 e.